The Morgan fingerprint density at radius 1 is 0.840 bits per heavy atom. The lowest BCUT2D eigenvalue weighted by Crippen LogP contribution is -2.07. The van der Waals surface area contributed by atoms with E-state index in [-0.39, 0.29) is 16.2 Å². The van der Waals surface area contributed by atoms with E-state index in [0.717, 1.165) is 0 Å². The van der Waals surface area contributed by atoms with Gasteiger partial charge in [-0.3, -0.25) is 0 Å². The van der Waals surface area contributed by atoms with Crippen molar-refractivity contribution in [1.29, 1.82) is 5.26 Å². The van der Waals surface area contributed by atoms with Crippen LogP contribution in [0.2, 0.25) is 0 Å². The third kappa shape index (κ3) is 4.06. The summed E-state index contributed by atoms with van der Waals surface area (Å²) in [5.74, 6) is 0.799. The van der Waals surface area contributed by atoms with Crippen molar-refractivity contribution in [2.24, 2.45) is 0 Å². The van der Waals surface area contributed by atoms with Gasteiger partial charge in [-0.15, -0.1) is 0 Å². The molecule has 0 aliphatic rings. The fourth-order valence-electron chi connectivity index (χ4n) is 2.41. The normalized spacial score (nSPS) is 10.8. The zero-order valence-electron chi connectivity index (χ0n) is 13.3. The fraction of sp³-hybridized carbons (Fsp3) is 0.0500. The highest BCUT2D eigenvalue weighted by Crippen LogP contribution is 2.28. The van der Waals surface area contributed by atoms with Crippen molar-refractivity contribution in [2.45, 2.75) is 10.6 Å². The number of sulfone groups is 1. The van der Waals surface area contributed by atoms with Crippen LogP contribution < -0.4 is 4.74 Å². The van der Waals surface area contributed by atoms with Crippen molar-refractivity contribution in [2.75, 3.05) is 0 Å². The van der Waals surface area contributed by atoms with Gasteiger partial charge in [0.15, 0.2) is 9.84 Å². The number of hydrogen-bond donors (Lipinski definition) is 0. The van der Waals surface area contributed by atoms with Gasteiger partial charge in [-0.2, -0.15) is 5.26 Å². The minimum Gasteiger partial charge on any atom is -0.457 e. The maximum atomic E-state index is 12.8. The fourth-order valence-corrected chi connectivity index (χ4v) is 3.94. The van der Waals surface area contributed by atoms with Gasteiger partial charge in [0.1, 0.15) is 17.6 Å². The molecule has 3 aromatic carbocycles. The van der Waals surface area contributed by atoms with Gasteiger partial charge in [0.2, 0.25) is 0 Å². The van der Waals surface area contributed by atoms with Gasteiger partial charge in [0, 0.05) is 6.07 Å². The lowest BCUT2D eigenvalue weighted by Gasteiger charge is -2.10. The summed E-state index contributed by atoms with van der Waals surface area (Å²) in [4.78, 5) is -0.0210. The van der Waals surface area contributed by atoms with E-state index >= 15 is 0 Å². The summed E-state index contributed by atoms with van der Waals surface area (Å²) in [7, 11) is -3.67. The van der Waals surface area contributed by atoms with Gasteiger partial charge in [-0.05, 0) is 29.8 Å². The zero-order chi connectivity index (χ0) is 17.7. The number of rotatable bonds is 5. The largest absolute Gasteiger partial charge is 0.457 e. The van der Waals surface area contributed by atoms with Crippen molar-refractivity contribution in [1.82, 2.24) is 0 Å². The molecule has 0 saturated heterocycles. The van der Waals surface area contributed by atoms with E-state index in [1.54, 1.807) is 42.5 Å². The average Bonchev–Trinajstić information content (AvgIpc) is 2.63. The second-order valence-corrected chi connectivity index (χ2v) is 7.39. The monoisotopic (exact) mass is 349 g/mol. The molecular weight excluding hydrogens is 334 g/mol. The van der Waals surface area contributed by atoms with E-state index < -0.39 is 9.84 Å². The Morgan fingerprint density at radius 3 is 2.12 bits per heavy atom. The van der Waals surface area contributed by atoms with Crippen LogP contribution in [0.4, 0.5) is 0 Å². The topological polar surface area (TPSA) is 67.2 Å². The molecule has 0 aromatic heterocycles. The first-order valence-electron chi connectivity index (χ1n) is 7.62. The number of para-hydroxylation sites is 1. The van der Waals surface area contributed by atoms with E-state index in [0.29, 0.717) is 17.1 Å². The summed E-state index contributed by atoms with van der Waals surface area (Å²) in [6.45, 7) is 0. The number of nitriles is 1. The number of benzene rings is 3. The molecule has 0 fully saturated rings. The van der Waals surface area contributed by atoms with Crippen LogP contribution in [0, 0.1) is 11.3 Å². The number of nitrogens with zero attached hydrogens (tertiary/aromatic N) is 1. The number of ether oxygens (including phenoxy) is 1. The first-order chi connectivity index (χ1) is 12.1. The molecule has 0 radical (unpaired) electrons. The van der Waals surface area contributed by atoms with Crippen LogP contribution in [0.5, 0.6) is 11.5 Å². The second kappa shape index (κ2) is 7.20. The quantitative estimate of drug-likeness (QED) is 0.688. The molecule has 0 unspecified atom stereocenters. The molecule has 0 saturated carbocycles. The van der Waals surface area contributed by atoms with Crippen molar-refractivity contribution in [3.63, 3.8) is 0 Å². The van der Waals surface area contributed by atoms with Crippen molar-refractivity contribution in [3.8, 4) is 17.6 Å². The molecule has 0 heterocycles. The zero-order valence-corrected chi connectivity index (χ0v) is 14.1. The van der Waals surface area contributed by atoms with Crippen LogP contribution in [-0.4, -0.2) is 8.42 Å². The highest BCUT2D eigenvalue weighted by Gasteiger charge is 2.20. The van der Waals surface area contributed by atoms with Crippen molar-refractivity contribution in [3.05, 3.63) is 90.0 Å². The molecule has 3 rings (SSSR count). The smallest absolute Gasteiger partial charge is 0.183 e. The van der Waals surface area contributed by atoms with Gasteiger partial charge in [0.05, 0.1) is 16.2 Å². The molecular formula is C20H15NO3S. The second-order valence-electron chi connectivity index (χ2n) is 5.43. The third-order valence-electron chi connectivity index (χ3n) is 3.59. The maximum Gasteiger partial charge on any atom is 0.183 e. The van der Waals surface area contributed by atoms with Crippen LogP contribution in [0.1, 0.15) is 11.1 Å². The third-order valence-corrected chi connectivity index (χ3v) is 5.31. The molecule has 0 aliphatic heterocycles. The van der Waals surface area contributed by atoms with Gasteiger partial charge in [-0.25, -0.2) is 8.42 Å². The van der Waals surface area contributed by atoms with Gasteiger partial charge in [-0.1, -0.05) is 48.5 Å². The molecule has 0 bridgehead atoms. The van der Waals surface area contributed by atoms with Gasteiger partial charge in [0.25, 0.3) is 0 Å². The van der Waals surface area contributed by atoms with Gasteiger partial charge < -0.3 is 4.74 Å². The molecule has 0 N–H and O–H groups in total. The maximum absolute atomic E-state index is 12.8. The Balaban J connectivity index is 1.96. The predicted molar refractivity (Wildman–Crippen MR) is 95.0 cm³/mol. The molecule has 3 aromatic rings. The molecule has 0 aliphatic carbocycles. The molecule has 0 spiro atoms. The minimum atomic E-state index is -3.67. The lowest BCUT2D eigenvalue weighted by molar-refractivity contribution is 0.480. The summed E-state index contributed by atoms with van der Waals surface area (Å²) < 4.78 is 31.2. The van der Waals surface area contributed by atoms with Gasteiger partial charge >= 0.3 is 0 Å². The van der Waals surface area contributed by atoms with Crippen LogP contribution in [0.3, 0.4) is 0 Å². The molecule has 5 heteroatoms. The average molecular weight is 349 g/mol. The SMILES string of the molecule is N#Cc1ccc(Oc2ccccc2)cc1S(=O)(=O)Cc1ccccc1. The molecule has 4 nitrogen and oxygen atoms in total. The Kier molecular flexibility index (Phi) is 4.82. The van der Waals surface area contributed by atoms with Crippen LogP contribution in [-0.2, 0) is 15.6 Å². The Morgan fingerprint density at radius 2 is 1.48 bits per heavy atom. The summed E-state index contributed by atoms with van der Waals surface area (Å²) in [6.07, 6.45) is 0. The highest BCUT2D eigenvalue weighted by molar-refractivity contribution is 7.90. The van der Waals surface area contributed by atoms with E-state index in [4.69, 9.17) is 4.74 Å². The summed E-state index contributed by atoms with van der Waals surface area (Å²) in [6, 6.07) is 24.3. The highest BCUT2D eigenvalue weighted by atomic mass is 32.2. The summed E-state index contributed by atoms with van der Waals surface area (Å²) >= 11 is 0. The lowest BCUT2D eigenvalue weighted by atomic mass is 10.2. The van der Waals surface area contributed by atoms with E-state index in [1.165, 1.54) is 12.1 Å². The Bertz CT molecular complexity index is 1010. The Hall–Kier alpha value is -3.10. The minimum absolute atomic E-state index is 0.0210. The van der Waals surface area contributed by atoms with Crippen LogP contribution in [0.25, 0.3) is 0 Å². The summed E-state index contributed by atoms with van der Waals surface area (Å²) in [5.41, 5.74) is 0.775. The van der Waals surface area contributed by atoms with E-state index in [9.17, 15) is 13.7 Å². The molecule has 25 heavy (non-hydrogen) atoms. The molecule has 124 valence electrons. The number of hydrogen-bond acceptors (Lipinski definition) is 4. The van der Waals surface area contributed by atoms with Crippen LogP contribution in [0.15, 0.2) is 83.8 Å². The first kappa shape index (κ1) is 16.7. The molecule has 0 atom stereocenters. The van der Waals surface area contributed by atoms with Crippen molar-refractivity contribution >= 4 is 9.84 Å². The van der Waals surface area contributed by atoms with E-state index in [2.05, 4.69) is 0 Å². The predicted octanol–water partition coefficient (Wildman–Crippen LogP) is 4.32. The van der Waals surface area contributed by atoms with Crippen LogP contribution >= 0.6 is 0 Å². The summed E-state index contributed by atoms with van der Waals surface area (Å²) in [5, 5.41) is 9.27. The standard InChI is InChI=1S/C20H15NO3S/c21-14-17-11-12-19(24-18-9-5-2-6-10-18)13-20(17)25(22,23)15-16-7-3-1-4-8-16/h1-13H,15H2. The first-order valence-corrected chi connectivity index (χ1v) is 9.27. The van der Waals surface area contributed by atoms with Crippen molar-refractivity contribution < 1.29 is 13.2 Å². The van der Waals surface area contributed by atoms with E-state index in [1.807, 2.05) is 30.3 Å². The molecule has 0 amide bonds. The Labute approximate surface area is 146 Å².